The van der Waals surface area contributed by atoms with Crippen LogP contribution in [0.5, 0.6) is 0 Å². The van der Waals surface area contributed by atoms with Crippen molar-refractivity contribution < 1.29 is 4.79 Å². The number of hydrogen-bond acceptors (Lipinski definition) is 3. The highest BCUT2D eigenvalue weighted by molar-refractivity contribution is 6.31. The Hall–Kier alpha value is -3.57. The molecule has 31 heavy (non-hydrogen) atoms. The molecular formula is C25H21ClN4O. The summed E-state index contributed by atoms with van der Waals surface area (Å²) in [4.78, 5) is 18.4. The Morgan fingerprint density at radius 3 is 2.52 bits per heavy atom. The molecule has 2 N–H and O–H groups in total. The van der Waals surface area contributed by atoms with Gasteiger partial charge in [0.1, 0.15) is 0 Å². The summed E-state index contributed by atoms with van der Waals surface area (Å²) in [5.41, 5.74) is 5.78. The number of para-hydroxylation sites is 3. The fourth-order valence-corrected chi connectivity index (χ4v) is 4.39. The summed E-state index contributed by atoms with van der Waals surface area (Å²) in [5, 5.41) is 7.02. The molecule has 5 rings (SSSR count). The number of hydrogen-bond donors (Lipinski definition) is 2. The summed E-state index contributed by atoms with van der Waals surface area (Å²) in [5.74, 6) is 0.517. The van der Waals surface area contributed by atoms with E-state index < -0.39 is 6.04 Å². The highest BCUT2D eigenvalue weighted by Gasteiger charge is 2.35. The van der Waals surface area contributed by atoms with Crippen molar-refractivity contribution in [2.24, 2.45) is 0 Å². The van der Waals surface area contributed by atoms with Gasteiger partial charge in [0, 0.05) is 16.4 Å². The molecule has 3 aromatic carbocycles. The minimum Gasteiger partial charge on any atom is -0.329 e. The van der Waals surface area contributed by atoms with E-state index in [1.54, 1.807) is 0 Å². The largest absolute Gasteiger partial charge is 0.329 e. The third-order valence-electron chi connectivity index (χ3n) is 5.67. The van der Waals surface area contributed by atoms with Crippen LogP contribution in [-0.2, 0) is 4.79 Å². The summed E-state index contributed by atoms with van der Waals surface area (Å²) in [6, 6.07) is 22.9. The highest BCUT2D eigenvalue weighted by Crippen LogP contribution is 2.41. The number of allylic oxidation sites excluding steroid dienone is 1. The molecule has 2 heterocycles. The number of anilines is 2. The van der Waals surface area contributed by atoms with Gasteiger partial charge in [-0.3, -0.25) is 9.36 Å². The number of benzene rings is 3. The van der Waals surface area contributed by atoms with Gasteiger partial charge >= 0.3 is 0 Å². The first-order valence-corrected chi connectivity index (χ1v) is 10.5. The van der Waals surface area contributed by atoms with Crippen LogP contribution in [0, 0.1) is 6.92 Å². The van der Waals surface area contributed by atoms with Gasteiger partial charge in [0.25, 0.3) is 5.91 Å². The second kappa shape index (κ2) is 7.60. The zero-order chi connectivity index (χ0) is 21.5. The number of nitrogens with zero attached hydrogens (tertiary/aromatic N) is 2. The van der Waals surface area contributed by atoms with E-state index in [-0.39, 0.29) is 5.91 Å². The molecule has 0 saturated heterocycles. The molecule has 0 unspecified atom stereocenters. The Kier molecular flexibility index (Phi) is 4.75. The van der Waals surface area contributed by atoms with Crippen LogP contribution in [0.1, 0.15) is 24.1 Å². The summed E-state index contributed by atoms with van der Waals surface area (Å²) in [6.07, 6.45) is 0. The molecule has 0 radical (unpaired) electrons. The molecule has 5 nitrogen and oxygen atoms in total. The van der Waals surface area contributed by atoms with Crippen molar-refractivity contribution in [3.05, 3.63) is 100 Å². The van der Waals surface area contributed by atoms with Gasteiger partial charge in [-0.2, -0.15) is 0 Å². The number of halogens is 1. The maximum absolute atomic E-state index is 13.6. The van der Waals surface area contributed by atoms with Crippen LogP contribution < -0.4 is 10.6 Å². The van der Waals surface area contributed by atoms with Crippen molar-refractivity contribution in [3.63, 3.8) is 0 Å². The molecular weight excluding hydrogens is 408 g/mol. The zero-order valence-electron chi connectivity index (χ0n) is 17.2. The summed E-state index contributed by atoms with van der Waals surface area (Å²) in [6.45, 7) is 3.88. The molecule has 6 heteroatoms. The zero-order valence-corrected chi connectivity index (χ0v) is 17.9. The molecule has 0 fully saturated rings. The van der Waals surface area contributed by atoms with Gasteiger partial charge < -0.3 is 10.6 Å². The third-order valence-corrected chi connectivity index (χ3v) is 6.01. The number of aromatic nitrogens is 2. The van der Waals surface area contributed by atoms with E-state index in [4.69, 9.17) is 16.6 Å². The number of amides is 1. The lowest BCUT2D eigenvalue weighted by Gasteiger charge is -2.31. The standard InChI is InChI=1S/C25H21ClN4O/c1-15-9-3-6-12-19(15)28-24(31)22-16(2)27-25-29-20-13-7-8-14-21(20)30(25)23(22)17-10-4-5-11-18(17)26/h3-14,23H,1-2H3,(H,27,29)(H,28,31)/t23-/m0/s1. The molecule has 154 valence electrons. The lowest BCUT2D eigenvalue weighted by molar-refractivity contribution is -0.113. The van der Waals surface area contributed by atoms with Crippen molar-refractivity contribution in [3.8, 4) is 0 Å². The number of carbonyl (C=O) groups is 1. The Morgan fingerprint density at radius 2 is 1.71 bits per heavy atom. The first-order valence-electron chi connectivity index (χ1n) is 10.1. The summed E-state index contributed by atoms with van der Waals surface area (Å²) in [7, 11) is 0. The predicted octanol–water partition coefficient (Wildman–Crippen LogP) is 5.93. The van der Waals surface area contributed by atoms with E-state index in [2.05, 4.69) is 15.2 Å². The maximum atomic E-state index is 13.6. The topological polar surface area (TPSA) is 59.0 Å². The number of rotatable bonds is 3. The molecule has 1 aromatic heterocycles. The molecule has 0 spiro atoms. The normalized spacial score (nSPS) is 15.5. The molecule has 1 atom stereocenters. The van der Waals surface area contributed by atoms with Crippen LogP contribution in [0.15, 0.2) is 84.1 Å². The van der Waals surface area contributed by atoms with E-state index in [9.17, 15) is 4.79 Å². The smallest absolute Gasteiger partial charge is 0.255 e. The fraction of sp³-hybridized carbons (Fsp3) is 0.120. The van der Waals surface area contributed by atoms with Crippen molar-refractivity contribution in [2.75, 3.05) is 10.6 Å². The summed E-state index contributed by atoms with van der Waals surface area (Å²) < 4.78 is 2.05. The number of carbonyl (C=O) groups excluding carboxylic acids is 1. The first-order chi connectivity index (χ1) is 15.0. The van der Waals surface area contributed by atoms with Crippen molar-refractivity contribution in [1.82, 2.24) is 9.55 Å². The van der Waals surface area contributed by atoms with E-state index >= 15 is 0 Å². The average Bonchev–Trinajstić information content (AvgIpc) is 3.12. The minimum atomic E-state index is -0.415. The van der Waals surface area contributed by atoms with Gasteiger partial charge in [0.15, 0.2) is 0 Å². The molecule has 1 aliphatic rings. The van der Waals surface area contributed by atoms with Crippen LogP contribution >= 0.6 is 11.6 Å². The Morgan fingerprint density at radius 1 is 1.00 bits per heavy atom. The van der Waals surface area contributed by atoms with Crippen LogP contribution in [0.25, 0.3) is 11.0 Å². The van der Waals surface area contributed by atoms with Gasteiger partial charge in [0.2, 0.25) is 5.95 Å². The lowest BCUT2D eigenvalue weighted by Crippen LogP contribution is -2.31. The van der Waals surface area contributed by atoms with E-state index in [0.29, 0.717) is 16.5 Å². The number of nitrogens with one attached hydrogen (secondary N) is 2. The van der Waals surface area contributed by atoms with E-state index in [0.717, 1.165) is 33.5 Å². The second-order valence-corrected chi connectivity index (χ2v) is 8.06. The Labute approximate surface area is 185 Å². The van der Waals surface area contributed by atoms with Crippen molar-refractivity contribution in [2.45, 2.75) is 19.9 Å². The van der Waals surface area contributed by atoms with Crippen LogP contribution in [0.4, 0.5) is 11.6 Å². The summed E-state index contributed by atoms with van der Waals surface area (Å²) >= 11 is 6.64. The van der Waals surface area contributed by atoms with Crippen LogP contribution in [0.2, 0.25) is 5.02 Å². The molecule has 0 aliphatic carbocycles. The molecule has 1 amide bonds. The van der Waals surface area contributed by atoms with E-state index in [1.165, 1.54) is 0 Å². The SMILES string of the molecule is CC1=C(C(=O)Nc2ccccc2C)[C@H](c2ccccc2Cl)n2c(nc3ccccc32)N1. The monoisotopic (exact) mass is 428 g/mol. The first kappa shape index (κ1) is 19.4. The lowest BCUT2D eigenvalue weighted by atomic mass is 9.94. The number of imidazole rings is 1. The predicted molar refractivity (Wildman–Crippen MR) is 125 cm³/mol. The van der Waals surface area contributed by atoms with Gasteiger partial charge in [-0.25, -0.2) is 4.98 Å². The van der Waals surface area contributed by atoms with Crippen LogP contribution in [-0.4, -0.2) is 15.5 Å². The average molecular weight is 429 g/mol. The van der Waals surface area contributed by atoms with Gasteiger partial charge in [0.05, 0.1) is 22.6 Å². The van der Waals surface area contributed by atoms with E-state index in [1.807, 2.05) is 86.6 Å². The quantitative estimate of drug-likeness (QED) is 0.425. The Balaban J connectivity index is 1.70. The second-order valence-electron chi connectivity index (χ2n) is 7.65. The van der Waals surface area contributed by atoms with Crippen LogP contribution in [0.3, 0.4) is 0 Å². The molecule has 4 aromatic rings. The molecule has 0 bridgehead atoms. The fourth-order valence-electron chi connectivity index (χ4n) is 4.15. The minimum absolute atomic E-state index is 0.173. The molecule has 0 saturated carbocycles. The van der Waals surface area contributed by atoms with Gasteiger partial charge in [-0.15, -0.1) is 0 Å². The van der Waals surface area contributed by atoms with Gasteiger partial charge in [-0.1, -0.05) is 60.1 Å². The Bertz CT molecular complexity index is 1350. The van der Waals surface area contributed by atoms with Gasteiger partial charge in [-0.05, 0) is 49.2 Å². The number of fused-ring (bicyclic) bond motifs is 3. The third kappa shape index (κ3) is 3.27. The molecule has 1 aliphatic heterocycles. The maximum Gasteiger partial charge on any atom is 0.255 e. The highest BCUT2D eigenvalue weighted by atomic mass is 35.5. The van der Waals surface area contributed by atoms with Crippen molar-refractivity contribution >= 4 is 40.2 Å². The number of aryl methyl sites for hydroxylation is 1. The van der Waals surface area contributed by atoms with Crippen molar-refractivity contribution in [1.29, 1.82) is 0 Å².